The van der Waals surface area contributed by atoms with Gasteiger partial charge in [-0.1, -0.05) is 5.92 Å². The number of carbonyl (C=O) groups is 2. The minimum atomic E-state index is -0.472. The Kier molecular flexibility index (Phi) is 6.59. The van der Waals surface area contributed by atoms with E-state index in [9.17, 15) is 9.59 Å². The number of nitrogens with one attached hydrogen (secondary N) is 1. The Hall–Kier alpha value is -1.21. The fourth-order valence-corrected chi connectivity index (χ4v) is 0.956. The summed E-state index contributed by atoms with van der Waals surface area (Å²) >= 11 is 5.34. The van der Waals surface area contributed by atoms with Crippen molar-refractivity contribution in [1.82, 2.24) is 10.2 Å². The first-order valence-electron chi connectivity index (χ1n) is 4.23. The molecule has 0 aliphatic heterocycles. The highest BCUT2D eigenvalue weighted by molar-refractivity contribution is 6.19. The van der Waals surface area contributed by atoms with Crippen LogP contribution in [0.1, 0.15) is 13.3 Å². The molecule has 0 heterocycles. The van der Waals surface area contributed by atoms with E-state index in [-0.39, 0.29) is 24.8 Å². The molecule has 3 amide bonds. The second-order valence-electron chi connectivity index (χ2n) is 2.51. The Balaban J connectivity index is 4.05. The van der Waals surface area contributed by atoms with Gasteiger partial charge in [0.15, 0.2) is 0 Å². The molecule has 0 aliphatic carbocycles. The molecular formula is C9H13ClN2O2. The van der Waals surface area contributed by atoms with Crippen LogP contribution in [0.4, 0.5) is 4.79 Å². The summed E-state index contributed by atoms with van der Waals surface area (Å²) in [5.41, 5.74) is 0. The van der Waals surface area contributed by atoms with Crippen molar-refractivity contribution >= 4 is 23.5 Å². The summed E-state index contributed by atoms with van der Waals surface area (Å²) in [6.45, 7) is 2.43. The summed E-state index contributed by atoms with van der Waals surface area (Å²) in [6, 6.07) is -0.472. The summed E-state index contributed by atoms with van der Waals surface area (Å²) in [4.78, 5) is 23.6. The smallest absolute Gasteiger partial charge is 0.314 e. The highest BCUT2D eigenvalue weighted by Crippen LogP contribution is 1.90. The Morgan fingerprint density at radius 3 is 2.64 bits per heavy atom. The molecule has 0 atom stereocenters. The van der Waals surface area contributed by atoms with Crippen LogP contribution in [0.5, 0.6) is 0 Å². The second kappa shape index (κ2) is 7.22. The van der Waals surface area contributed by atoms with Gasteiger partial charge in [0.25, 0.3) is 0 Å². The number of imide groups is 1. The molecule has 0 aromatic rings. The molecule has 0 aliphatic rings. The Morgan fingerprint density at radius 2 is 2.21 bits per heavy atom. The van der Waals surface area contributed by atoms with Crippen LogP contribution in [0.25, 0.3) is 0 Å². The molecule has 4 nitrogen and oxygen atoms in total. The highest BCUT2D eigenvalue weighted by Gasteiger charge is 2.12. The Morgan fingerprint density at radius 1 is 1.57 bits per heavy atom. The normalized spacial score (nSPS) is 8.93. The van der Waals surface area contributed by atoms with Crippen molar-refractivity contribution in [3.05, 3.63) is 0 Å². The molecule has 0 bridgehead atoms. The number of nitrogens with zero attached hydrogens (tertiary/aromatic N) is 1. The lowest BCUT2D eigenvalue weighted by molar-refractivity contribution is -0.119. The van der Waals surface area contributed by atoms with Crippen LogP contribution in [-0.4, -0.2) is 35.8 Å². The topological polar surface area (TPSA) is 49.4 Å². The number of halogens is 1. The molecule has 1 N–H and O–H groups in total. The highest BCUT2D eigenvalue weighted by atomic mass is 35.5. The van der Waals surface area contributed by atoms with Gasteiger partial charge >= 0.3 is 6.03 Å². The number of terminal acetylenes is 1. The first-order chi connectivity index (χ1) is 6.65. The molecule has 0 aromatic carbocycles. The van der Waals surface area contributed by atoms with Crippen LogP contribution in [-0.2, 0) is 4.79 Å². The Bertz CT molecular complexity index is 248. The summed E-state index contributed by atoms with van der Waals surface area (Å²) in [7, 11) is 0. The van der Waals surface area contributed by atoms with Gasteiger partial charge in [0, 0.05) is 18.8 Å². The van der Waals surface area contributed by atoms with E-state index < -0.39 is 6.03 Å². The van der Waals surface area contributed by atoms with E-state index in [1.807, 2.05) is 0 Å². The maximum Gasteiger partial charge on any atom is 0.324 e. The molecule has 0 spiro atoms. The molecule has 78 valence electrons. The quantitative estimate of drug-likeness (QED) is 0.559. The fourth-order valence-electron chi connectivity index (χ4n) is 0.784. The molecular weight excluding hydrogens is 204 g/mol. The van der Waals surface area contributed by atoms with Crippen LogP contribution in [0.3, 0.4) is 0 Å². The van der Waals surface area contributed by atoms with E-state index in [2.05, 4.69) is 11.2 Å². The van der Waals surface area contributed by atoms with E-state index in [0.29, 0.717) is 6.54 Å². The number of hydrogen-bond acceptors (Lipinski definition) is 2. The Labute approximate surface area is 88.6 Å². The lowest BCUT2D eigenvalue weighted by Crippen LogP contribution is -2.43. The molecule has 0 fully saturated rings. The third-order valence-corrected chi connectivity index (χ3v) is 1.71. The maximum absolute atomic E-state index is 11.3. The molecule has 0 unspecified atom stereocenters. The molecule has 0 saturated heterocycles. The first kappa shape index (κ1) is 12.8. The largest absolute Gasteiger partial charge is 0.324 e. The summed E-state index contributed by atoms with van der Waals surface area (Å²) in [5, 5.41) is 2.18. The van der Waals surface area contributed by atoms with Gasteiger partial charge < -0.3 is 4.90 Å². The van der Waals surface area contributed by atoms with Crippen LogP contribution in [0, 0.1) is 12.3 Å². The fraction of sp³-hybridized carbons (Fsp3) is 0.556. The lowest BCUT2D eigenvalue weighted by atomic mass is 10.4. The molecule has 0 rings (SSSR count). The van der Waals surface area contributed by atoms with E-state index in [0.717, 1.165) is 0 Å². The van der Waals surface area contributed by atoms with Gasteiger partial charge in [-0.05, 0) is 6.92 Å². The average molecular weight is 217 g/mol. The van der Waals surface area contributed by atoms with Crippen LogP contribution >= 0.6 is 11.6 Å². The lowest BCUT2D eigenvalue weighted by Gasteiger charge is -2.17. The number of hydrogen-bond donors (Lipinski definition) is 1. The van der Waals surface area contributed by atoms with Crippen molar-refractivity contribution in [2.45, 2.75) is 13.3 Å². The molecule has 5 heteroatoms. The summed E-state index contributed by atoms with van der Waals surface area (Å²) in [6.07, 6.45) is 5.18. The molecule has 0 aromatic heterocycles. The van der Waals surface area contributed by atoms with Gasteiger partial charge in [-0.25, -0.2) is 4.79 Å². The SMILES string of the molecule is C#CCN(CC)C(=O)NC(=O)CCCl. The van der Waals surface area contributed by atoms with E-state index in [4.69, 9.17) is 18.0 Å². The average Bonchev–Trinajstić information content (AvgIpc) is 2.14. The zero-order chi connectivity index (χ0) is 11.0. The number of urea groups is 1. The predicted molar refractivity (Wildman–Crippen MR) is 55.0 cm³/mol. The molecule has 14 heavy (non-hydrogen) atoms. The predicted octanol–water partition coefficient (Wildman–Crippen LogP) is 0.807. The molecule has 0 saturated carbocycles. The number of rotatable bonds is 4. The minimum Gasteiger partial charge on any atom is -0.314 e. The van der Waals surface area contributed by atoms with Crippen LogP contribution < -0.4 is 5.32 Å². The van der Waals surface area contributed by atoms with Crippen molar-refractivity contribution in [3.8, 4) is 12.3 Å². The third kappa shape index (κ3) is 4.73. The molecule has 0 radical (unpaired) electrons. The van der Waals surface area contributed by atoms with Crippen LogP contribution in [0.15, 0.2) is 0 Å². The van der Waals surface area contributed by atoms with Gasteiger partial charge in [-0.15, -0.1) is 18.0 Å². The standard InChI is InChI=1S/C9H13ClN2O2/c1-3-7-12(4-2)9(14)11-8(13)5-6-10/h1H,4-7H2,2H3,(H,11,13,14). The van der Waals surface area contributed by atoms with Crippen LogP contribution in [0.2, 0.25) is 0 Å². The summed E-state index contributed by atoms with van der Waals surface area (Å²) < 4.78 is 0. The van der Waals surface area contributed by atoms with Gasteiger partial charge in [0.05, 0.1) is 6.54 Å². The second-order valence-corrected chi connectivity index (χ2v) is 2.89. The van der Waals surface area contributed by atoms with Crippen molar-refractivity contribution < 1.29 is 9.59 Å². The van der Waals surface area contributed by atoms with E-state index in [1.54, 1.807) is 6.92 Å². The van der Waals surface area contributed by atoms with Gasteiger partial charge in [-0.3, -0.25) is 10.1 Å². The van der Waals surface area contributed by atoms with E-state index in [1.165, 1.54) is 4.90 Å². The van der Waals surface area contributed by atoms with Gasteiger partial charge in [0.2, 0.25) is 5.91 Å². The van der Waals surface area contributed by atoms with Crippen molar-refractivity contribution in [1.29, 1.82) is 0 Å². The van der Waals surface area contributed by atoms with E-state index >= 15 is 0 Å². The monoisotopic (exact) mass is 216 g/mol. The van der Waals surface area contributed by atoms with Crippen molar-refractivity contribution in [2.75, 3.05) is 19.0 Å². The van der Waals surface area contributed by atoms with Gasteiger partial charge in [0.1, 0.15) is 0 Å². The number of alkyl halides is 1. The summed E-state index contributed by atoms with van der Waals surface area (Å²) in [5.74, 6) is 2.14. The van der Waals surface area contributed by atoms with Gasteiger partial charge in [-0.2, -0.15) is 0 Å². The number of amides is 3. The number of carbonyl (C=O) groups excluding carboxylic acids is 2. The first-order valence-corrected chi connectivity index (χ1v) is 4.77. The van der Waals surface area contributed by atoms with Crippen molar-refractivity contribution in [2.24, 2.45) is 0 Å². The zero-order valence-corrected chi connectivity index (χ0v) is 8.80. The zero-order valence-electron chi connectivity index (χ0n) is 8.05. The van der Waals surface area contributed by atoms with Crippen molar-refractivity contribution in [3.63, 3.8) is 0 Å². The third-order valence-electron chi connectivity index (χ3n) is 1.52. The minimum absolute atomic E-state index is 0.126. The maximum atomic E-state index is 11.3.